The summed E-state index contributed by atoms with van der Waals surface area (Å²) in [4.78, 5) is 8.35. The molecule has 0 saturated heterocycles. The van der Waals surface area contributed by atoms with Crippen molar-refractivity contribution in [3.63, 3.8) is 0 Å². The first-order chi connectivity index (χ1) is 9.20. The highest BCUT2D eigenvalue weighted by atomic mass is 35.5. The Morgan fingerprint density at radius 2 is 1.95 bits per heavy atom. The van der Waals surface area contributed by atoms with Gasteiger partial charge >= 0.3 is 0 Å². The highest BCUT2D eigenvalue weighted by molar-refractivity contribution is 6.31. The lowest BCUT2D eigenvalue weighted by atomic mass is 10.1. The van der Waals surface area contributed by atoms with E-state index >= 15 is 0 Å². The summed E-state index contributed by atoms with van der Waals surface area (Å²) in [5.41, 5.74) is 1.05. The fourth-order valence-electron chi connectivity index (χ4n) is 1.84. The van der Waals surface area contributed by atoms with Gasteiger partial charge in [-0.1, -0.05) is 29.8 Å². The minimum absolute atomic E-state index is 0.0816. The second-order valence-corrected chi connectivity index (χ2v) is 4.61. The molecule has 1 heterocycles. The molecule has 0 radical (unpaired) electrons. The minimum Gasteiger partial charge on any atom is -0.370 e. The predicted octanol–water partition coefficient (Wildman–Crippen LogP) is 3.73. The van der Waals surface area contributed by atoms with Crippen LogP contribution in [0.3, 0.4) is 0 Å². The molecule has 0 fully saturated rings. The largest absolute Gasteiger partial charge is 0.370 e. The molecule has 1 atom stereocenters. The quantitative estimate of drug-likeness (QED) is 0.874. The first kappa shape index (κ1) is 13.6. The zero-order chi connectivity index (χ0) is 13.7. The summed E-state index contributed by atoms with van der Waals surface area (Å²) in [6.07, 6.45) is 1.54. The Morgan fingerprint density at radius 3 is 2.68 bits per heavy atom. The van der Waals surface area contributed by atoms with Gasteiger partial charge in [-0.05, 0) is 25.5 Å². The third kappa shape index (κ3) is 3.58. The molecular formula is C14H17ClN4. The van der Waals surface area contributed by atoms with Crippen molar-refractivity contribution in [3.05, 3.63) is 47.2 Å². The number of halogens is 1. The summed E-state index contributed by atoms with van der Waals surface area (Å²) in [5, 5.41) is 7.23. The molecule has 0 bridgehead atoms. The van der Waals surface area contributed by atoms with Crippen LogP contribution in [0.5, 0.6) is 0 Å². The topological polar surface area (TPSA) is 49.8 Å². The van der Waals surface area contributed by atoms with Gasteiger partial charge in [-0.3, -0.25) is 0 Å². The van der Waals surface area contributed by atoms with Gasteiger partial charge in [-0.25, -0.2) is 9.97 Å². The molecule has 0 amide bonds. The van der Waals surface area contributed by atoms with Crippen LogP contribution in [0.25, 0.3) is 0 Å². The zero-order valence-electron chi connectivity index (χ0n) is 11.0. The van der Waals surface area contributed by atoms with Gasteiger partial charge < -0.3 is 10.6 Å². The molecule has 0 aliphatic heterocycles. The molecule has 4 nitrogen and oxygen atoms in total. The molecule has 0 aliphatic carbocycles. The normalized spacial score (nSPS) is 11.9. The average molecular weight is 277 g/mol. The maximum Gasteiger partial charge on any atom is 0.131 e. The minimum atomic E-state index is 0.0816. The summed E-state index contributed by atoms with van der Waals surface area (Å²) in [6, 6.07) is 9.76. The van der Waals surface area contributed by atoms with Crippen molar-refractivity contribution in [2.24, 2.45) is 0 Å². The molecule has 2 N–H and O–H groups in total. The highest BCUT2D eigenvalue weighted by Gasteiger charge is 2.09. The van der Waals surface area contributed by atoms with Gasteiger partial charge in [0.1, 0.15) is 18.0 Å². The lowest BCUT2D eigenvalue weighted by molar-refractivity contribution is 0.872. The summed E-state index contributed by atoms with van der Waals surface area (Å²) < 4.78 is 0. The van der Waals surface area contributed by atoms with Crippen molar-refractivity contribution in [1.82, 2.24) is 9.97 Å². The number of hydrogen-bond donors (Lipinski definition) is 2. The van der Waals surface area contributed by atoms with Crippen LogP contribution in [0, 0.1) is 0 Å². The van der Waals surface area contributed by atoms with Crippen molar-refractivity contribution in [2.45, 2.75) is 19.9 Å². The fraction of sp³-hybridized carbons (Fsp3) is 0.286. The van der Waals surface area contributed by atoms with E-state index in [2.05, 4.69) is 27.5 Å². The van der Waals surface area contributed by atoms with Crippen LogP contribution in [0.1, 0.15) is 25.5 Å². The number of aromatic nitrogens is 2. The van der Waals surface area contributed by atoms with Crippen LogP contribution < -0.4 is 10.6 Å². The summed E-state index contributed by atoms with van der Waals surface area (Å²) in [7, 11) is 0. The lowest BCUT2D eigenvalue weighted by Crippen LogP contribution is -2.09. The lowest BCUT2D eigenvalue weighted by Gasteiger charge is -2.16. The molecule has 1 unspecified atom stereocenters. The van der Waals surface area contributed by atoms with E-state index < -0.39 is 0 Å². The summed E-state index contributed by atoms with van der Waals surface area (Å²) >= 11 is 6.18. The maximum absolute atomic E-state index is 6.18. The van der Waals surface area contributed by atoms with E-state index in [4.69, 9.17) is 11.6 Å². The molecule has 5 heteroatoms. The van der Waals surface area contributed by atoms with Crippen molar-refractivity contribution >= 4 is 23.2 Å². The van der Waals surface area contributed by atoms with Gasteiger partial charge in [0.25, 0.3) is 0 Å². The smallest absolute Gasteiger partial charge is 0.131 e. The van der Waals surface area contributed by atoms with E-state index in [-0.39, 0.29) is 6.04 Å². The van der Waals surface area contributed by atoms with Crippen LogP contribution in [-0.4, -0.2) is 16.5 Å². The summed E-state index contributed by atoms with van der Waals surface area (Å²) in [5.74, 6) is 1.59. The van der Waals surface area contributed by atoms with Gasteiger partial charge in [0.15, 0.2) is 0 Å². The Kier molecular flexibility index (Phi) is 4.58. The third-order valence-electron chi connectivity index (χ3n) is 2.76. The van der Waals surface area contributed by atoms with E-state index in [0.717, 1.165) is 28.8 Å². The van der Waals surface area contributed by atoms with Crippen LogP contribution in [0.4, 0.5) is 11.6 Å². The SMILES string of the molecule is CCNc1cc(NC(C)c2ccccc2Cl)ncn1. The van der Waals surface area contributed by atoms with Gasteiger partial charge in [-0.2, -0.15) is 0 Å². The molecule has 100 valence electrons. The van der Waals surface area contributed by atoms with Crippen molar-refractivity contribution in [3.8, 4) is 0 Å². The van der Waals surface area contributed by atoms with Crippen molar-refractivity contribution in [2.75, 3.05) is 17.2 Å². The van der Waals surface area contributed by atoms with Gasteiger partial charge in [0.2, 0.25) is 0 Å². The number of benzene rings is 1. The van der Waals surface area contributed by atoms with E-state index in [9.17, 15) is 0 Å². The van der Waals surface area contributed by atoms with E-state index in [1.54, 1.807) is 6.33 Å². The van der Waals surface area contributed by atoms with E-state index in [1.807, 2.05) is 37.3 Å². The monoisotopic (exact) mass is 276 g/mol. The molecule has 0 aliphatic rings. The Labute approximate surface area is 118 Å². The average Bonchev–Trinajstić information content (AvgIpc) is 2.40. The Balaban J connectivity index is 2.12. The first-order valence-corrected chi connectivity index (χ1v) is 6.65. The maximum atomic E-state index is 6.18. The Hall–Kier alpha value is -1.81. The van der Waals surface area contributed by atoms with Crippen LogP contribution in [-0.2, 0) is 0 Å². The van der Waals surface area contributed by atoms with E-state index in [0.29, 0.717) is 0 Å². The first-order valence-electron chi connectivity index (χ1n) is 6.27. The number of rotatable bonds is 5. The standard InChI is InChI=1S/C14H17ClN4/c1-3-16-13-8-14(18-9-17-13)19-10(2)11-6-4-5-7-12(11)15/h4-10H,3H2,1-2H3,(H2,16,17,18,19). The zero-order valence-corrected chi connectivity index (χ0v) is 11.8. The molecule has 19 heavy (non-hydrogen) atoms. The molecule has 2 aromatic rings. The van der Waals surface area contributed by atoms with Crippen molar-refractivity contribution in [1.29, 1.82) is 0 Å². The number of anilines is 2. The summed E-state index contributed by atoms with van der Waals surface area (Å²) in [6.45, 7) is 4.91. The third-order valence-corrected chi connectivity index (χ3v) is 3.11. The molecular weight excluding hydrogens is 260 g/mol. The fourth-order valence-corrected chi connectivity index (χ4v) is 2.14. The van der Waals surface area contributed by atoms with Gasteiger partial charge in [-0.15, -0.1) is 0 Å². The Bertz CT molecular complexity index is 544. The number of nitrogens with zero attached hydrogens (tertiary/aromatic N) is 2. The highest BCUT2D eigenvalue weighted by Crippen LogP contribution is 2.25. The molecule has 1 aromatic heterocycles. The predicted molar refractivity (Wildman–Crippen MR) is 79.7 cm³/mol. The van der Waals surface area contributed by atoms with Crippen LogP contribution in [0.2, 0.25) is 5.02 Å². The van der Waals surface area contributed by atoms with Gasteiger partial charge in [0, 0.05) is 17.6 Å². The number of hydrogen-bond acceptors (Lipinski definition) is 4. The van der Waals surface area contributed by atoms with Gasteiger partial charge in [0.05, 0.1) is 6.04 Å². The Morgan fingerprint density at radius 1 is 1.21 bits per heavy atom. The van der Waals surface area contributed by atoms with Crippen LogP contribution >= 0.6 is 11.6 Å². The second-order valence-electron chi connectivity index (χ2n) is 4.21. The van der Waals surface area contributed by atoms with E-state index in [1.165, 1.54) is 0 Å². The molecule has 1 aromatic carbocycles. The molecule has 2 rings (SSSR count). The number of nitrogens with one attached hydrogen (secondary N) is 2. The molecule has 0 spiro atoms. The van der Waals surface area contributed by atoms with Crippen molar-refractivity contribution < 1.29 is 0 Å². The second kappa shape index (κ2) is 6.38. The van der Waals surface area contributed by atoms with Crippen LogP contribution in [0.15, 0.2) is 36.7 Å². The molecule has 0 saturated carbocycles.